The van der Waals surface area contributed by atoms with E-state index < -0.39 is 14.6 Å². The third-order valence-corrected chi connectivity index (χ3v) is 7.18. The molecule has 1 aliphatic carbocycles. The van der Waals surface area contributed by atoms with Crippen molar-refractivity contribution in [1.29, 1.82) is 0 Å². The number of piperidine rings is 1. The zero-order valence-corrected chi connectivity index (χ0v) is 14.3. The minimum absolute atomic E-state index is 0.00989. The van der Waals surface area contributed by atoms with E-state index in [0.29, 0.717) is 12.8 Å². The number of anilines is 1. The summed E-state index contributed by atoms with van der Waals surface area (Å²) < 4.78 is 22.9. The molecule has 1 atom stereocenters. The van der Waals surface area contributed by atoms with Crippen LogP contribution in [-0.2, 0) is 14.6 Å². The Bertz CT molecular complexity index is 668. The highest BCUT2D eigenvalue weighted by Crippen LogP contribution is 2.39. The molecular formula is C17H24N2O3S. The Morgan fingerprint density at radius 3 is 2.48 bits per heavy atom. The molecule has 2 aliphatic rings. The van der Waals surface area contributed by atoms with E-state index in [1.165, 1.54) is 6.26 Å². The highest BCUT2D eigenvalue weighted by molar-refractivity contribution is 7.93. The Kier molecular flexibility index (Phi) is 4.36. The van der Waals surface area contributed by atoms with Crippen LogP contribution in [-0.4, -0.2) is 44.5 Å². The second-order valence-electron chi connectivity index (χ2n) is 6.71. The molecule has 0 aromatic heterocycles. The van der Waals surface area contributed by atoms with Crippen LogP contribution >= 0.6 is 0 Å². The van der Waals surface area contributed by atoms with Gasteiger partial charge in [-0.1, -0.05) is 18.2 Å². The number of sulfone groups is 1. The number of para-hydroxylation sites is 1. The van der Waals surface area contributed by atoms with Crippen LogP contribution < -0.4 is 10.2 Å². The SMILES string of the molecule is CS(=O)(=O)C1(C(=O)N[C@H]2CCCN(c3ccccc3)C2)CCC1. The van der Waals surface area contributed by atoms with Gasteiger partial charge >= 0.3 is 0 Å². The molecule has 126 valence electrons. The van der Waals surface area contributed by atoms with Crippen LogP contribution in [0.1, 0.15) is 32.1 Å². The Hall–Kier alpha value is -1.56. The van der Waals surface area contributed by atoms with E-state index in [9.17, 15) is 13.2 Å². The first-order valence-electron chi connectivity index (χ1n) is 8.23. The minimum atomic E-state index is -3.37. The molecule has 1 aromatic carbocycles. The van der Waals surface area contributed by atoms with E-state index in [-0.39, 0.29) is 11.9 Å². The minimum Gasteiger partial charge on any atom is -0.369 e. The number of amides is 1. The van der Waals surface area contributed by atoms with Crippen LogP contribution in [0.5, 0.6) is 0 Å². The molecule has 1 saturated carbocycles. The normalized spacial score (nSPS) is 23.9. The predicted molar refractivity (Wildman–Crippen MR) is 91.2 cm³/mol. The lowest BCUT2D eigenvalue weighted by molar-refractivity contribution is -0.126. The van der Waals surface area contributed by atoms with Crippen molar-refractivity contribution in [2.45, 2.75) is 42.9 Å². The molecule has 1 aromatic rings. The molecule has 1 amide bonds. The largest absolute Gasteiger partial charge is 0.369 e. The van der Waals surface area contributed by atoms with Gasteiger partial charge in [0.25, 0.3) is 0 Å². The van der Waals surface area contributed by atoms with E-state index >= 15 is 0 Å². The van der Waals surface area contributed by atoms with E-state index in [2.05, 4.69) is 22.3 Å². The quantitative estimate of drug-likeness (QED) is 0.909. The number of nitrogens with zero attached hydrogens (tertiary/aromatic N) is 1. The maximum Gasteiger partial charge on any atom is 0.241 e. The Balaban J connectivity index is 1.67. The summed E-state index contributed by atoms with van der Waals surface area (Å²) in [6, 6.07) is 10.1. The summed E-state index contributed by atoms with van der Waals surface area (Å²) in [7, 11) is -3.37. The molecule has 1 aliphatic heterocycles. The fourth-order valence-electron chi connectivity index (χ4n) is 3.55. The van der Waals surface area contributed by atoms with Crippen LogP contribution in [0.25, 0.3) is 0 Å². The van der Waals surface area contributed by atoms with Crippen LogP contribution in [0.3, 0.4) is 0 Å². The molecule has 0 unspecified atom stereocenters. The highest BCUT2D eigenvalue weighted by Gasteiger charge is 2.53. The average molecular weight is 336 g/mol. The summed E-state index contributed by atoms with van der Waals surface area (Å²) in [6.45, 7) is 1.70. The van der Waals surface area contributed by atoms with Crippen molar-refractivity contribution < 1.29 is 13.2 Å². The molecule has 6 heteroatoms. The van der Waals surface area contributed by atoms with Gasteiger partial charge in [0.15, 0.2) is 9.84 Å². The maximum atomic E-state index is 12.6. The van der Waals surface area contributed by atoms with E-state index in [0.717, 1.165) is 38.0 Å². The van der Waals surface area contributed by atoms with Gasteiger partial charge in [0, 0.05) is 31.1 Å². The number of hydrogen-bond acceptors (Lipinski definition) is 4. The predicted octanol–water partition coefficient (Wildman–Crippen LogP) is 1.74. The zero-order valence-electron chi connectivity index (χ0n) is 13.5. The zero-order chi connectivity index (χ0) is 16.5. The van der Waals surface area contributed by atoms with E-state index in [1.807, 2.05) is 18.2 Å². The summed E-state index contributed by atoms with van der Waals surface area (Å²) in [5.41, 5.74) is 1.15. The first kappa shape index (κ1) is 16.3. The summed E-state index contributed by atoms with van der Waals surface area (Å²) in [5, 5.41) is 3.01. The van der Waals surface area contributed by atoms with Gasteiger partial charge in [0.2, 0.25) is 5.91 Å². The summed E-state index contributed by atoms with van der Waals surface area (Å²) in [4.78, 5) is 14.8. The second-order valence-corrected chi connectivity index (χ2v) is 9.04. The highest BCUT2D eigenvalue weighted by atomic mass is 32.2. The molecule has 2 fully saturated rings. The first-order valence-corrected chi connectivity index (χ1v) is 10.1. The second kappa shape index (κ2) is 6.15. The van der Waals surface area contributed by atoms with Gasteiger partial charge in [-0.05, 0) is 44.2 Å². The lowest BCUT2D eigenvalue weighted by atomic mass is 9.83. The lowest BCUT2D eigenvalue weighted by Gasteiger charge is -2.41. The summed E-state index contributed by atoms with van der Waals surface area (Å²) in [6.07, 6.45) is 4.78. The molecule has 1 N–H and O–H groups in total. The van der Waals surface area contributed by atoms with Crippen molar-refractivity contribution in [3.05, 3.63) is 30.3 Å². The third kappa shape index (κ3) is 3.09. The molecule has 1 saturated heterocycles. The fraction of sp³-hybridized carbons (Fsp3) is 0.588. The molecule has 3 rings (SSSR count). The third-order valence-electron chi connectivity index (χ3n) is 5.16. The van der Waals surface area contributed by atoms with Crippen molar-refractivity contribution in [3.8, 4) is 0 Å². The van der Waals surface area contributed by atoms with Crippen LogP contribution in [0.15, 0.2) is 30.3 Å². The van der Waals surface area contributed by atoms with Crippen molar-refractivity contribution in [2.75, 3.05) is 24.2 Å². The summed E-state index contributed by atoms with van der Waals surface area (Å²) >= 11 is 0. The first-order chi connectivity index (χ1) is 10.9. The molecule has 0 radical (unpaired) electrons. The number of rotatable bonds is 4. The average Bonchev–Trinajstić information content (AvgIpc) is 2.45. The molecule has 0 bridgehead atoms. The fourth-order valence-corrected chi connectivity index (χ4v) is 4.98. The van der Waals surface area contributed by atoms with Crippen molar-refractivity contribution >= 4 is 21.4 Å². The molecule has 5 nitrogen and oxygen atoms in total. The van der Waals surface area contributed by atoms with Gasteiger partial charge in [0.1, 0.15) is 4.75 Å². The van der Waals surface area contributed by atoms with Crippen molar-refractivity contribution in [1.82, 2.24) is 5.32 Å². The van der Waals surface area contributed by atoms with Crippen LogP contribution in [0, 0.1) is 0 Å². The van der Waals surface area contributed by atoms with Gasteiger partial charge in [-0.15, -0.1) is 0 Å². The Morgan fingerprint density at radius 1 is 1.22 bits per heavy atom. The lowest BCUT2D eigenvalue weighted by Crippen LogP contribution is -2.60. The molecule has 1 heterocycles. The van der Waals surface area contributed by atoms with Crippen LogP contribution in [0.4, 0.5) is 5.69 Å². The van der Waals surface area contributed by atoms with Gasteiger partial charge in [-0.25, -0.2) is 8.42 Å². The summed E-state index contributed by atoms with van der Waals surface area (Å²) in [5.74, 6) is -0.300. The molecular weight excluding hydrogens is 312 g/mol. The number of nitrogens with one attached hydrogen (secondary N) is 1. The van der Waals surface area contributed by atoms with Crippen molar-refractivity contribution in [2.24, 2.45) is 0 Å². The van der Waals surface area contributed by atoms with Crippen LogP contribution in [0.2, 0.25) is 0 Å². The van der Waals surface area contributed by atoms with Gasteiger partial charge in [-0.2, -0.15) is 0 Å². The molecule has 23 heavy (non-hydrogen) atoms. The van der Waals surface area contributed by atoms with Gasteiger partial charge in [0.05, 0.1) is 0 Å². The standard InChI is InChI=1S/C17H24N2O3S/c1-23(21,22)17(10-6-11-17)16(20)18-14-7-5-12-19(13-14)15-8-3-2-4-9-15/h2-4,8-9,14H,5-7,10-13H2,1H3,(H,18,20)/t14-/m0/s1. The monoisotopic (exact) mass is 336 g/mol. The van der Waals surface area contributed by atoms with E-state index in [4.69, 9.17) is 0 Å². The van der Waals surface area contributed by atoms with Gasteiger partial charge < -0.3 is 10.2 Å². The molecule has 0 spiro atoms. The van der Waals surface area contributed by atoms with E-state index in [1.54, 1.807) is 0 Å². The number of benzene rings is 1. The number of carbonyl (C=O) groups is 1. The topological polar surface area (TPSA) is 66.5 Å². The Labute approximate surface area is 138 Å². The van der Waals surface area contributed by atoms with Crippen molar-refractivity contribution in [3.63, 3.8) is 0 Å². The Morgan fingerprint density at radius 2 is 1.91 bits per heavy atom. The number of carbonyl (C=O) groups excluding carboxylic acids is 1. The number of hydrogen-bond donors (Lipinski definition) is 1. The smallest absolute Gasteiger partial charge is 0.241 e. The maximum absolute atomic E-state index is 12.6. The van der Waals surface area contributed by atoms with Gasteiger partial charge in [-0.3, -0.25) is 4.79 Å².